The van der Waals surface area contributed by atoms with E-state index in [9.17, 15) is 9.59 Å². The van der Waals surface area contributed by atoms with Gasteiger partial charge >= 0.3 is 0 Å². The molecule has 2 amide bonds. The Balaban J connectivity index is 1.29. The van der Waals surface area contributed by atoms with E-state index >= 15 is 0 Å². The second kappa shape index (κ2) is 10.9. The SMILES string of the molecule is CC(Cc1c[nH]c2ccccc12)(NC(=O)c1ccc2ncsc2c1)C(=O)NCC1(c2ccccc2)CCCCC1. The highest BCUT2D eigenvalue weighted by atomic mass is 32.1. The van der Waals surface area contributed by atoms with Crippen LogP contribution in [-0.4, -0.2) is 33.9 Å². The van der Waals surface area contributed by atoms with Gasteiger partial charge in [0, 0.05) is 41.0 Å². The Morgan fingerprint density at radius 1 is 1.00 bits per heavy atom. The molecule has 3 N–H and O–H groups in total. The predicted octanol–water partition coefficient (Wildman–Crippen LogP) is 6.53. The van der Waals surface area contributed by atoms with Crippen molar-refractivity contribution in [2.24, 2.45) is 0 Å². The van der Waals surface area contributed by atoms with Crippen LogP contribution in [0.15, 0.2) is 84.5 Å². The largest absolute Gasteiger partial charge is 0.361 e. The number of H-pyrrole nitrogens is 1. The van der Waals surface area contributed by atoms with Crippen molar-refractivity contribution < 1.29 is 9.59 Å². The summed E-state index contributed by atoms with van der Waals surface area (Å²) >= 11 is 1.50. The van der Waals surface area contributed by atoms with Crippen LogP contribution >= 0.6 is 11.3 Å². The number of hydrogen-bond donors (Lipinski definition) is 3. The summed E-state index contributed by atoms with van der Waals surface area (Å²) in [6.45, 7) is 2.38. The van der Waals surface area contributed by atoms with E-state index in [1.807, 2.05) is 55.6 Å². The fraction of sp³-hybridized carbons (Fsp3) is 0.303. The van der Waals surface area contributed by atoms with Gasteiger partial charge in [-0.3, -0.25) is 9.59 Å². The number of aromatic amines is 1. The number of nitrogens with zero attached hydrogens (tertiary/aromatic N) is 1. The van der Waals surface area contributed by atoms with Crippen molar-refractivity contribution in [1.82, 2.24) is 20.6 Å². The van der Waals surface area contributed by atoms with Crippen LogP contribution in [0.2, 0.25) is 0 Å². The molecule has 40 heavy (non-hydrogen) atoms. The highest BCUT2D eigenvalue weighted by molar-refractivity contribution is 7.16. The lowest BCUT2D eigenvalue weighted by molar-refractivity contribution is -0.127. The summed E-state index contributed by atoms with van der Waals surface area (Å²) in [6, 6.07) is 24.1. The smallest absolute Gasteiger partial charge is 0.252 e. The fourth-order valence-electron chi connectivity index (χ4n) is 6.19. The monoisotopic (exact) mass is 550 g/mol. The van der Waals surface area contributed by atoms with E-state index < -0.39 is 5.54 Å². The molecule has 5 aromatic rings. The van der Waals surface area contributed by atoms with Crippen LogP contribution in [0.1, 0.15) is 60.5 Å². The Kier molecular flexibility index (Phi) is 7.15. The van der Waals surface area contributed by atoms with E-state index in [0.717, 1.165) is 52.4 Å². The van der Waals surface area contributed by atoms with Crippen LogP contribution in [0.4, 0.5) is 0 Å². The number of fused-ring (bicyclic) bond motifs is 2. The second-order valence-electron chi connectivity index (χ2n) is 11.2. The van der Waals surface area contributed by atoms with E-state index in [0.29, 0.717) is 18.5 Å². The van der Waals surface area contributed by atoms with Crippen molar-refractivity contribution in [2.75, 3.05) is 6.54 Å². The van der Waals surface area contributed by atoms with Crippen molar-refractivity contribution in [3.05, 3.63) is 101 Å². The number of carbonyl (C=O) groups is 2. The number of hydrogen-bond acceptors (Lipinski definition) is 4. The Labute approximate surface area is 238 Å². The minimum atomic E-state index is -1.17. The van der Waals surface area contributed by atoms with Crippen molar-refractivity contribution >= 4 is 44.3 Å². The lowest BCUT2D eigenvalue weighted by atomic mass is 9.69. The van der Waals surface area contributed by atoms with E-state index in [1.54, 1.807) is 11.6 Å². The van der Waals surface area contributed by atoms with Crippen LogP contribution in [0.5, 0.6) is 0 Å². The standard InChI is InChI=1S/C33H34N4O2S/c1-32(19-24-20-34-27-13-7-6-12-26(24)27,37-30(38)23-14-15-28-29(18-23)40-22-36-28)31(39)35-21-33(16-8-3-9-17-33)25-10-4-2-5-11-25/h2,4-7,10-15,18,20,22,34H,3,8-9,16-17,19,21H2,1H3,(H,35,39)(H,37,38). The van der Waals surface area contributed by atoms with Crippen LogP contribution in [0.25, 0.3) is 21.1 Å². The minimum Gasteiger partial charge on any atom is -0.361 e. The first-order valence-corrected chi connectivity index (χ1v) is 14.9. The quantitative estimate of drug-likeness (QED) is 0.205. The summed E-state index contributed by atoms with van der Waals surface area (Å²) in [5.74, 6) is -0.450. The van der Waals surface area contributed by atoms with E-state index in [4.69, 9.17) is 0 Å². The molecule has 1 fully saturated rings. The van der Waals surface area contributed by atoms with Gasteiger partial charge in [-0.1, -0.05) is 67.8 Å². The molecular weight excluding hydrogens is 516 g/mol. The highest BCUT2D eigenvalue weighted by Crippen LogP contribution is 2.39. The van der Waals surface area contributed by atoms with Crippen LogP contribution in [0.3, 0.4) is 0 Å². The summed E-state index contributed by atoms with van der Waals surface area (Å²) in [5.41, 5.74) is 5.15. The van der Waals surface area contributed by atoms with Gasteiger partial charge in [-0.25, -0.2) is 4.98 Å². The summed E-state index contributed by atoms with van der Waals surface area (Å²) in [4.78, 5) is 35.4. The molecule has 3 aromatic carbocycles. The van der Waals surface area contributed by atoms with Gasteiger partial charge in [0.05, 0.1) is 15.7 Å². The molecule has 1 unspecified atom stereocenters. The summed E-state index contributed by atoms with van der Waals surface area (Å²) < 4.78 is 0.942. The molecule has 1 atom stereocenters. The molecule has 0 radical (unpaired) electrons. The third-order valence-electron chi connectivity index (χ3n) is 8.49. The van der Waals surface area contributed by atoms with Crippen LogP contribution in [0, 0.1) is 0 Å². The molecule has 1 aliphatic carbocycles. The normalized spacial score (nSPS) is 16.4. The third-order valence-corrected chi connectivity index (χ3v) is 9.28. The van der Waals surface area contributed by atoms with E-state index in [2.05, 4.69) is 44.9 Å². The number of amides is 2. The minimum absolute atomic E-state index is 0.0991. The second-order valence-corrected chi connectivity index (χ2v) is 12.1. The number of rotatable bonds is 8. The van der Waals surface area contributed by atoms with Crippen molar-refractivity contribution in [1.29, 1.82) is 0 Å². The zero-order valence-electron chi connectivity index (χ0n) is 22.7. The molecule has 1 saturated carbocycles. The maximum absolute atomic E-state index is 14.1. The molecule has 1 aliphatic rings. The first-order chi connectivity index (χ1) is 19.5. The van der Waals surface area contributed by atoms with E-state index in [-0.39, 0.29) is 17.2 Å². The molecule has 2 heterocycles. The van der Waals surface area contributed by atoms with Crippen LogP contribution in [-0.2, 0) is 16.6 Å². The molecular formula is C33H34N4O2S. The summed E-state index contributed by atoms with van der Waals surface area (Å²) in [6.07, 6.45) is 7.90. The summed E-state index contributed by atoms with van der Waals surface area (Å²) in [7, 11) is 0. The Hall–Kier alpha value is -3.97. The number of thiazole rings is 1. The Bertz CT molecular complexity index is 1650. The first kappa shape index (κ1) is 26.3. The third kappa shape index (κ3) is 5.13. The molecule has 204 valence electrons. The molecule has 6 nitrogen and oxygen atoms in total. The molecule has 2 aromatic heterocycles. The summed E-state index contributed by atoms with van der Waals surface area (Å²) in [5, 5.41) is 7.48. The van der Waals surface area contributed by atoms with Crippen LogP contribution < -0.4 is 10.6 Å². The zero-order valence-corrected chi connectivity index (χ0v) is 23.5. The molecule has 0 saturated heterocycles. The van der Waals surface area contributed by atoms with Gasteiger partial charge in [0.15, 0.2) is 0 Å². The van der Waals surface area contributed by atoms with Gasteiger partial charge < -0.3 is 15.6 Å². The average Bonchev–Trinajstić information content (AvgIpc) is 3.63. The maximum Gasteiger partial charge on any atom is 0.252 e. The van der Waals surface area contributed by atoms with Crippen molar-refractivity contribution in [2.45, 2.75) is 56.4 Å². The molecule has 0 spiro atoms. The van der Waals surface area contributed by atoms with Gasteiger partial charge in [0.1, 0.15) is 5.54 Å². The van der Waals surface area contributed by atoms with Crippen molar-refractivity contribution in [3.63, 3.8) is 0 Å². The number of para-hydroxylation sites is 1. The molecule has 7 heteroatoms. The van der Waals surface area contributed by atoms with Gasteiger partial charge in [-0.05, 0) is 55.2 Å². The first-order valence-electron chi connectivity index (χ1n) is 14.0. The molecule has 0 aliphatic heterocycles. The van der Waals surface area contributed by atoms with Gasteiger partial charge in [-0.15, -0.1) is 11.3 Å². The van der Waals surface area contributed by atoms with Gasteiger partial charge in [0.25, 0.3) is 5.91 Å². The molecule has 6 rings (SSSR count). The molecule has 0 bridgehead atoms. The number of benzene rings is 3. The predicted molar refractivity (Wildman–Crippen MR) is 162 cm³/mol. The number of aromatic nitrogens is 2. The van der Waals surface area contributed by atoms with Crippen molar-refractivity contribution in [3.8, 4) is 0 Å². The lowest BCUT2D eigenvalue weighted by Crippen LogP contribution is -2.59. The van der Waals surface area contributed by atoms with E-state index in [1.165, 1.54) is 23.3 Å². The Morgan fingerprint density at radius 2 is 1.77 bits per heavy atom. The fourth-order valence-corrected chi connectivity index (χ4v) is 6.91. The van der Waals surface area contributed by atoms with Gasteiger partial charge in [0.2, 0.25) is 5.91 Å². The number of nitrogens with one attached hydrogen (secondary N) is 3. The maximum atomic E-state index is 14.1. The zero-order chi connectivity index (χ0) is 27.6. The van der Waals surface area contributed by atoms with Gasteiger partial charge in [-0.2, -0.15) is 0 Å². The highest BCUT2D eigenvalue weighted by Gasteiger charge is 2.39. The lowest BCUT2D eigenvalue weighted by Gasteiger charge is -2.39. The number of carbonyl (C=O) groups excluding carboxylic acids is 2. The topological polar surface area (TPSA) is 86.9 Å². The Morgan fingerprint density at radius 3 is 2.60 bits per heavy atom. The average molecular weight is 551 g/mol.